The van der Waals surface area contributed by atoms with E-state index in [2.05, 4.69) is 21.4 Å². The molecule has 2 aliphatic heterocycles. The Bertz CT molecular complexity index is 723. The van der Waals surface area contributed by atoms with E-state index in [0.29, 0.717) is 18.4 Å². The molecule has 3 unspecified atom stereocenters. The molecule has 0 spiro atoms. The van der Waals surface area contributed by atoms with Crippen molar-refractivity contribution in [2.75, 3.05) is 6.54 Å². The van der Waals surface area contributed by atoms with Crippen molar-refractivity contribution in [2.24, 2.45) is 21.6 Å². The smallest absolute Gasteiger partial charge is 0.117 e. The molecule has 3 rings (SSSR count). The zero-order chi connectivity index (χ0) is 17.8. The van der Waals surface area contributed by atoms with E-state index in [1.54, 1.807) is 0 Å². The Labute approximate surface area is 147 Å². The standard InChI is InChI=1S/C19H24FN5/c1-12-9-13(4-5-16(12)20)18-15(3-2-7-23-18)17-6-8-24-19(25-17)14(10-21)11-22/h7-9,14,17,19,25H,2-6,10,21H2,1H3. The number of halogens is 1. The Morgan fingerprint density at radius 3 is 2.96 bits per heavy atom. The van der Waals surface area contributed by atoms with Crippen molar-refractivity contribution in [3.05, 3.63) is 34.3 Å². The molecular weight excluding hydrogens is 317 g/mol. The summed E-state index contributed by atoms with van der Waals surface area (Å²) >= 11 is 0. The van der Waals surface area contributed by atoms with Crippen LogP contribution in [0.4, 0.5) is 4.39 Å². The number of hydrogen-bond acceptors (Lipinski definition) is 5. The van der Waals surface area contributed by atoms with Crippen molar-refractivity contribution in [1.82, 2.24) is 5.32 Å². The van der Waals surface area contributed by atoms with Gasteiger partial charge in [0, 0.05) is 37.9 Å². The fourth-order valence-corrected chi connectivity index (χ4v) is 3.56. The van der Waals surface area contributed by atoms with E-state index < -0.39 is 0 Å². The lowest BCUT2D eigenvalue weighted by Gasteiger charge is -2.32. The van der Waals surface area contributed by atoms with Crippen LogP contribution in [0.2, 0.25) is 0 Å². The molecular formula is C19H24FN5. The second-order valence-corrected chi connectivity index (χ2v) is 6.68. The van der Waals surface area contributed by atoms with Crippen molar-refractivity contribution >= 4 is 12.4 Å². The van der Waals surface area contributed by atoms with Gasteiger partial charge in [0.05, 0.1) is 17.7 Å². The Morgan fingerprint density at radius 2 is 2.24 bits per heavy atom. The Balaban J connectivity index is 1.90. The zero-order valence-corrected chi connectivity index (χ0v) is 14.5. The fourth-order valence-electron chi connectivity index (χ4n) is 3.56. The number of rotatable bonds is 4. The highest BCUT2D eigenvalue weighted by atomic mass is 19.1. The molecule has 0 bridgehead atoms. The van der Waals surface area contributed by atoms with Crippen LogP contribution in [0.3, 0.4) is 0 Å². The topological polar surface area (TPSA) is 86.6 Å². The minimum atomic E-state index is -0.344. The quantitative estimate of drug-likeness (QED) is 0.824. The van der Waals surface area contributed by atoms with Crippen molar-refractivity contribution in [1.29, 1.82) is 5.26 Å². The van der Waals surface area contributed by atoms with Gasteiger partial charge in [0.25, 0.3) is 0 Å². The minimum absolute atomic E-state index is 0.0338. The van der Waals surface area contributed by atoms with Crippen LogP contribution in [0.15, 0.2) is 44.3 Å². The molecule has 0 aromatic rings. The normalized spacial score (nSPS) is 28.0. The third-order valence-electron chi connectivity index (χ3n) is 5.00. The number of nitrogens with one attached hydrogen (secondary N) is 1. The molecule has 25 heavy (non-hydrogen) atoms. The fraction of sp³-hybridized carbons (Fsp3) is 0.526. The molecule has 2 heterocycles. The van der Waals surface area contributed by atoms with E-state index in [-0.39, 0.29) is 30.5 Å². The van der Waals surface area contributed by atoms with Crippen molar-refractivity contribution < 1.29 is 4.39 Å². The van der Waals surface area contributed by atoms with Crippen molar-refractivity contribution in [2.45, 2.75) is 51.2 Å². The summed E-state index contributed by atoms with van der Waals surface area (Å²) in [6.07, 6.45) is 9.15. The number of nitriles is 1. The summed E-state index contributed by atoms with van der Waals surface area (Å²) in [4.78, 5) is 9.05. The molecule has 0 radical (unpaired) electrons. The maximum atomic E-state index is 13.7. The molecule has 0 amide bonds. The van der Waals surface area contributed by atoms with E-state index >= 15 is 0 Å². The van der Waals surface area contributed by atoms with E-state index in [1.165, 1.54) is 5.57 Å². The molecule has 0 saturated carbocycles. The van der Waals surface area contributed by atoms with Gasteiger partial charge in [0.2, 0.25) is 0 Å². The average Bonchev–Trinajstić information content (AvgIpc) is 2.65. The van der Waals surface area contributed by atoms with Gasteiger partial charge in [-0.3, -0.25) is 15.3 Å². The molecule has 0 saturated heterocycles. The van der Waals surface area contributed by atoms with Crippen LogP contribution < -0.4 is 11.1 Å². The lowest BCUT2D eigenvalue weighted by Crippen LogP contribution is -2.47. The summed E-state index contributed by atoms with van der Waals surface area (Å²) < 4.78 is 13.7. The number of nitrogens with zero attached hydrogens (tertiary/aromatic N) is 3. The van der Waals surface area contributed by atoms with Gasteiger partial charge in [-0.1, -0.05) is 6.08 Å². The third kappa shape index (κ3) is 3.78. The summed E-state index contributed by atoms with van der Waals surface area (Å²) in [6, 6.07) is 2.32. The number of nitrogens with two attached hydrogens (primary N) is 1. The van der Waals surface area contributed by atoms with Gasteiger partial charge < -0.3 is 5.73 Å². The van der Waals surface area contributed by atoms with Gasteiger partial charge >= 0.3 is 0 Å². The summed E-state index contributed by atoms with van der Waals surface area (Å²) in [5.41, 5.74) is 9.69. The summed E-state index contributed by atoms with van der Waals surface area (Å²) in [6.45, 7) is 2.08. The summed E-state index contributed by atoms with van der Waals surface area (Å²) in [7, 11) is 0. The van der Waals surface area contributed by atoms with E-state index in [1.807, 2.05) is 25.4 Å². The molecule has 132 valence electrons. The summed E-state index contributed by atoms with van der Waals surface area (Å²) in [5.74, 6) is -0.378. The van der Waals surface area contributed by atoms with E-state index in [4.69, 9.17) is 5.73 Å². The number of hydrogen-bond donors (Lipinski definition) is 2. The summed E-state index contributed by atoms with van der Waals surface area (Å²) in [5, 5.41) is 12.7. The Morgan fingerprint density at radius 1 is 1.40 bits per heavy atom. The first-order chi connectivity index (χ1) is 12.1. The SMILES string of the molecule is CC1=C(F)CCC(C2=C(C3CC=NC(C(C#N)CN)N3)CCC=N2)=C1. The van der Waals surface area contributed by atoms with Crippen LogP contribution >= 0.6 is 0 Å². The van der Waals surface area contributed by atoms with Crippen LogP contribution in [0.1, 0.15) is 39.0 Å². The Kier molecular flexibility index (Phi) is 5.57. The van der Waals surface area contributed by atoms with E-state index in [0.717, 1.165) is 30.5 Å². The lowest BCUT2D eigenvalue weighted by atomic mass is 9.87. The minimum Gasteiger partial charge on any atom is -0.329 e. The second-order valence-electron chi connectivity index (χ2n) is 6.68. The monoisotopic (exact) mass is 341 g/mol. The molecule has 0 aromatic carbocycles. The molecule has 3 aliphatic rings. The van der Waals surface area contributed by atoms with Gasteiger partial charge in [0.1, 0.15) is 12.0 Å². The molecule has 1 aliphatic carbocycles. The second kappa shape index (κ2) is 7.85. The predicted molar refractivity (Wildman–Crippen MR) is 97.9 cm³/mol. The van der Waals surface area contributed by atoms with Crippen LogP contribution in [-0.4, -0.2) is 31.2 Å². The molecule has 5 nitrogen and oxygen atoms in total. The first kappa shape index (κ1) is 17.7. The maximum absolute atomic E-state index is 13.7. The van der Waals surface area contributed by atoms with E-state index in [9.17, 15) is 9.65 Å². The highest BCUT2D eigenvalue weighted by Gasteiger charge is 2.29. The molecule has 0 fully saturated rings. The van der Waals surface area contributed by atoms with Crippen LogP contribution in [0, 0.1) is 17.2 Å². The van der Waals surface area contributed by atoms with Crippen LogP contribution in [0.5, 0.6) is 0 Å². The number of allylic oxidation sites excluding steroid dienone is 4. The van der Waals surface area contributed by atoms with Gasteiger partial charge in [-0.15, -0.1) is 0 Å². The first-order valence-electron chi connectivity index (χ1n) is 8.83. The van der Waals surface area contributed by atoms with Crippen LogP contribution in [0.25, 0.3) is 0 Å². The lowest BCUT2D eigenvalue weighted by molar-refractivity contribution is 0.383. The van der Waals surface area contributed by atoms with Crippen LogP contribution in [-0.2, 0) is 0 Å². The molecule has 3 atom stereocenters. The maximum Gasteiger partial charge on any atom is 0.117 e. The third-order valence-corrected chi connectivity index (χ3v) is 5.00. The highest BCUT2D eigenvalue weighted by Crippen LogP contribution is 2.35. The zero-order valence-electron chi connectivity index (χ0n) is 14.5. The highest BCUT2D eigenvalue weighted by molar-refractivity contribution is 5.66. The predicted octanol–water partition coefficient (Wildman–Crippen LogP) is 2.93. The van der Waals surface area contributed by atoms with Crippen molar-refractivity contribution in [3.63, 3.8) is 0 Å². The van der Waals surface area contributed by atoms with Crippen molar-refractivity contribution in [3.8, 4) is 6.07 Å². The van der Waals surface area contributed by atoms with Gasteiger partial charge in [-0.05, 0) is 42.9 Å². The van der Waals surface area contributed by atoms with Gasteiger partial charge in [-0.25, -0.2) is 4.39 Å². The average molecular weight is 341 g/mol. The number of aliphatic imine (C=N–C) groups is 2. The van der Waals surface area contributed by atoms with Gasteiger partial charge in [-0.2, -0.15) is 5.26 Å². The molecule has 6 heteroatoms. The Hall–Kier alpha value is -2.10. The first-order valence-corrected chi connectivity index (χ1v) is 8.83. The molecule has 0 aromatic heterocycles. The molecule has 3 N–H and O–H groups in total. The largest absolute Gasteiger partial charge is 0.329 e. The van der Waals surface area contributed by atoms with Gasteiger partial charge in [0.15, 0.2) is 0 Å².